The minimum atomic E-state index is -1.03. The number of ether oxygens (including phenoxy) is 3. The van der Waals surface area contributed by atoms with E-state index >= 15 is 0 Å². The molecule has 0 unspecified atom stereocenters. The van der Waals surface area contributed by atoms with E-state index in [4.69, 9.17) is 14.2 Å². The molecule has 6 aromatic rings. The van der Waals surface area contributed by atoms with Gasteiger partial charge in [-0.25, -0.2) is 0 Å². The smallest absolute Gasteiger partial charge is 0.314 e. The van der Waals surface area contributed by atoms with E-state index in [0.717, 1.165) is 16.7 Å². The minimum Gasteiger partial charge on any atom is -0.423 e. The fourth-order valence-electron chi connectivity index (χ4n) is 6.61. The Morgan fingerprint density at radius 1 is 0.456 bits per heavy atom. The van der Waals surface area contributed by atoms with Gasteiger partial charge in [0.15, 0.2) is 17.2 Å². The van der Waals surface area contributed by atoms with Crippen LogP contribution in [0.5, 0.6) is 17.2 Å². The van der Waals surface area contributed by atoms with Gasteiger partial charge in [-0.2, -0.15) is 15.8 Å². The molecule has 0 aliphatic heterocycles. The molecular formula is C45H30N6O6. The molecule has 0 N–H and O–H groups in total. The lowest BCUT2D eigenvalue weighted by atomic mass is 9.75. The summed E-state index contributed by atoms with van der Waals surface area (Å²) in [6, 6.07) is 38.2. The third-order valence-corrected chi connectivity index (χ3v) is 9.51. The highest BCUT2D eigenvalue weighted by Crippen LogP contribution is 2.38. The van der Waals surface area contributed by atoms with Crippen molar-refractivity contribution in [3.05, 3.63) is 144 Å². The van der Waals surface area contributed by atoms with Crippen molar-refractivity contribution in [1.82, 2.24) is 15.0 Å². The number of hydrogen-bond donors (Lipinski definition) is 0. The van der Waals surface area contributed by atoms with E-state index in [1.807, 2.05) is 109 Å². The number of rotatable bonds is 9. The number of nitriles is 3. The average Bonchev–Trinajstić information content (AvgIpc) is 3.27. The number of esters is 3. The zero-order valence-corrected chi connectivity index (χ0v) is 30.1. The molecule has 3 aromatic carbocycles. The van der Waals surface area contributed by atoms with Gasteiger partial charge in [0.25, 0.3) is 0 Å². The first kappa shape index (κ1) is 37.3. The molecule has 57 heavy (non-hydrogen) atoms. The molecule has 0 radical (unpaired) electrons. The van der Waals surface area contributed by atoms with Gasteiger partial charge in [0.2, 0.25) is 0 Å². The summed E-state index contributed by atoms with van der Waals surface area (Å²) in [5, 5.41) is 29.8. The molecule has 1 aliphatic rings. The Kier molecular flexibility index (Phi) is 11.1. The summed E-state index contributed by atoms with van der Waals surface area (Å²) in [6.07, 6.45) is 3.62. The van der Waals surface area contributed by atoms with Crippen LogP contribution >= 0.6 is 0 Å². The maximum Gasteiger partial charge on any atom is 0.314 e. The molecule has 1 saturated carbocycles. The van der Waals surface area contributed by atoms with Crippen LogP contribution in [0.1, 0.15) is 36.0 Å². The van der Waals surface area contributed by atoms with Crippen LogP contribution in [0.3, 0.4) is 0 Å². The lowest BCUT2D eigenvalue weighted by Crippen LogP contribution is -2.39. The monoisotopic (exact) mass is 750 g/mol. The fourth-order valence-corrected chi connectivity index (χ4v) is 6.61. The van der Waals surface area contributed by atoms with Gasteiger partial charge >= 0.3 is 17.9 Å². The SMILES string of the molecule is N#Cc1cc(-c2ccccc2)ncc1OC(=O)C1CC(C(=O)Oc2cnc(-c3ccccc3)cc2C#N)CC(C(=O)Oc2cnc(-c3ccccc3)cc2C#N)C1. The van der Waals surface area contributed by atoms with Gasteiger partial charge in [0, 0.05) is 16.7 Å². The molecule has 1 fully saturated rings. The second-order valence-corrected chi connectivity index (χ2v) is 13.2. The molecule has 7 rings (SSSR count). The topological polar surface area (TPSA) is 189 Å². The summed E-state index contributed by atoms with van der Waals surface area (Å²) in [5.41, 5.74) is 3.97. The molecule has 1 aliphatic carbocycles. The van der Waals surface area contributed by atoms with E-state index < -0.39 is 35.7 Å². The van der Waals surface area contributed by atoms with Crippen LogP contribution < -0.4 is 14.2 Å². The first-order chi connectivity index (χ1) is 27.8. The van der Waals surface area contributed by atoms with Gasteiger partial charge < -0.3 is 14.2 Å². The van der Waals surface area contributed by atoms with Gasteiger partial charge in [-0.15, -0.1) is 0 Å². The van der Waals surface area contributed by atoms with Crippen LogP contribution in [-0.2, 0) is 14.4 Å². The second kappa shape index (κ2) is 17.0. The standard InChI is InChI=1S/C45H30N6O6/c46-22-34-19-37(28-10-4-1-5-11-28)49-25-40(34)55-43(52)31-16-32(44(53)56-41-26-50-38(20-35(41)23-47)29-12-6-2-7-13-29)18-33(17-31)45(54)57-42-27-51-39(21-36(42)24-48)30-14-8-3-9-15-30/h1-15,19-21,25-27,31-33H,16-18H2. The fraction of sp³-hybridized carbons (Fsp3) is 0.133. The number of benzene rings is 3. The van der Waals surface area contributed by atoms with E-state index in [1.54, 1.807) is 0 Å². The average molecular weight is 751 g/mol. The number of carbonyl (C=O) groups is 3. The van der Waals surface area contributed by atoms with Crippen molar-refractivity contribution < 1.29 is 28.6 Å². The molecular weight excluding hydrogens is 721 g/mol. The van der Waals surface area contributed by atoms with Crippen LogP contribution in [0.15, 0.2) is 128 Å². The molecule has 0 bridgehead atoms. The van der Waals surface area contributed by atoms with Crippen LogP contribution in [0, 0.1) is 51.7 Å². The quantitative estimate of drug-likeness (QED) is 0.132. The van der Waals surface area contributed by atoms with Gasteiger partial charge in [-0.1, -0.05) is 91.0 Å². The first-order valence-corrected chi connectivity index (χ1v) is 17.8. The molecule has 3 aromatic heterocycles. The predicted octanol–water partition coefficient (Wildman–Crippen LogP) is 7.64. The van der Waals surface area contributed by atoms with Gasteiger partial charge in [-0.3, -0.25) is 29.3 Å². The van der Waals surface area contributed by atoms with Crippen molar-refractivity contribution in [1.29, 1.82) is 15.8 Å². The summed E-state index contributed by atoms with van der Waals surface area (Å²) < 4.78 is 17.1. The Hall–Kier alpha value is -8.01. The third kappa shape index (κ3) is 8.54. The molecule has 276 valence electrons. The zero-order valence-electron chi connectivity index (χ0n) is 30.1. The Labute approximate surface area is 327 Å². The van der Waals surface area contributed by atoms with E-state index in [-0.39, 0.29) is 53.2 Å². The summed E-state index contributed by atoms with van der Waals surface area (Å²) in [4.78, 5) is 54.6. The Bertz CT molecular complexity index is 2300. The third-order valence-electron chi connectivity index (χ3n) is 9.51. The molecule has 0 spiro atoms. The molecule has 0 atom stereocenters. The van der Waals surface area contributed by atoms with Crippen molar-refractivity contribution in [3.8, 4) is 69.2 Å². The number of nitrogens with zero attached hydrogens (tertiary/aromatic N) is 6. The summed E-state index contributed by atoms with van der Waals surface area (Å²) >= 11 is 0. The first-order valence-electron chi connectivity index (χ1n) is 17.8. The summed E-state index contributed by atoms with van der Waals surface area (Å²) in [6.45, 7) is 0. The van der Waals surface area contributed by atoms with Gasteiger partial charge in [0.1, 0.15) is 18.2 Å². The summed E-state index contributed by atoms with van der Waals surface area (Å²) in [7, 11) is 0. The Morgan fingerprint density at radius 2 is 0.719 bits per heavy atom. The molecule has 0 saturated heterocycles. The number of pyridine rings is 3. The summed E-state index contributed by atoms with van der Waals surface area (Å²) in [5.74, 6) is -5.74. The van der Waals surface area contributed by atoms with E-state index in [9.17, 15) is 30.2 Å². The number of carbonyl (C=O) groups excluding carboxylic acids is 3. The Balaban J connectivity index is 1.14. The highest BCUT2D eigenvalue weighted by molar-refractivity contribution is 5.84. The number of hydrogen-bond acceptors (Lipinski definition) is 12. The minimum absolute atomic E-state index is 0.0610. The molecule has 3 heterocycles. The van der Waals surface area contributed by atoms with Gasteiger partial charge in [-0.05, 0) is 37.5 Å². The zero-order chi connectivity index (χ0) is 39.7. The van der Waals surface area contributed by atoms with E-state index in [2.05, 4.69) is 15.0 Å². The van der Waals surface area contributed by atoms with Gasteiger partial charge in [0.05, 0.1) is 70.1 Å². The van der Waals surface area contributed by atoms with Crippen LogP contribution in [0.2, 0.25) is 0 Å². The molecule has 0 amide bonds. The lowest BCUT2D eigenvalue weighted by Gasteiger charge is -2.31. The van der Waals surface area contributed by atoms with Crippen molar-refractivity contribution >= 4 is 17.9 Å². The van der Waals surface area contributed by atoms with Crippen molar-refractivity contribution in [3.63, 3.8) is 0 Å². The van der Waals surface area contributed by atoms with Crippen molar-refractivity contribution in [2.75, 3.05) is 0 Å². The van der Waals surface area contributed by atoms with Crippen molar-refractivity contribution in [2.24, 2.45) is 17.8 Å². The normalized spacial score (nSPS) is 15.8. The second-order valence-electron chi connectivity index (χ2n) is 13.2. The highest BCUT2D eigenvalue weighted by atomic mass is 16.5. The molecule has 12 nitrogen and oxygen atoms in total. The van der Waals surface area contributed by atoms with E-state index in [0.29, 0.717) is 17.1 Å². The Morgan fingerprint density at radius 3 is 0.965 bits per heavy atom. The maximum absolute atomic E-state index is 13.8. The van der Waals surface area contributed by atoms with Crippen molar-refractivity contribution in [2.45, 2.75) is 19.3 Å². The highest BCUT2D eigenvalue weighted by Gasteiger charge is 2.42. The maximum atomic E-state index is 13.8. The van der Waals surface area contributed by atoms with Crippen LogP contribution in [-0.4, -0.2) is 32.9 Å². The lowest BCUT2D eigenvalue weighted by molar-refractivity contribution is -0.150. The predicted molar refractivity (Wildman–Crippen MR) is 204 cm³/mol. The molecule has 12 heteroatoms. The number of aromatic nitrogens is 3. The van der Waals surface area contributed by atoms with Crippen LogP contribution in [0.25, 0.3) is 33.8 Å². The largest absolute Gasteiger partial charge is 0.423 e. The van der Waals surface area contributed by atoms with Crippen LogP contribution in [0.4, 0.5) is 0 Å². The van der Waals surface area contributed by atoms with E-state index in [1.165, 1.54) is 36.8 Å².